The Labute approximate surface area is 89.7 Å². The van der Waals surface area contributed by atoms with Crippen LogP contribution in [0.1, 0.15) is 59.8 Å². The molecule has 0 heterocycles. The van der Waals surface area contributed by atoms with Gasteiger partial charge in [-0.25, -0.2) is 0 Å². The number of hydrogen-bond donors (Lipinski definition) is 1. The Hall–Kier alpha value is -0.0400. The molecule has 1 N–H and O–H groups in total. The smallest absolute Gasteiger partial charge is 0.00721 e. The molecule has 1 atom stereocenters. The van der Waals surface area contributed by atoms with Gasteiger partial charge in [0.2, 0.25) is 0 Å². The van der Waals surface area contributed by atoms with Gasteiger partial charge in [-0.15, -0.1) is 0 Å². The summed E-state index contributed by atoms with van der Waals surface area (Å²) in [4.78, 5) is 0. The maximum atomic E-state index is 3.71. The largest absolute Gasteiger partial charge is 0.314 e. The van der Waals surface area contributed by atoms with Crippen molar-refractivity contribution in [2.45, 2.75) is 65.8 Å². The Morgan fingerprint density at radius 2 is 2.07 bits per heavy atom. The van der Waals surface area contributed by atoms with Gasteiger partial charge in [0.25, 0.3) is 0 Å². The van der Waals surface area contributed by atoms with Crippen molar-refractivity contribution in [1.82, 2.24) is 5.32 Å². The van der Waals surface area contributed by atoms with E-state index < -0.39 is 0 Å². The molecule has 14 heavy (non-hydrogen) atoms. The highest BCUT2D eigenvalue weighted by molar-refractivity contribution is 4.83. The summed E-state index contributed by atoms with van der Waals surface area (Å²) in [5, 5.41) is 3.71. The van der Waals surface area contributed by atoms with E-state index in [2.05, 4.69) is 33.0 Å². The van der Waals surface area contributed by atoms with E-state index in [9.17, 15) is 0 Å². The molecule has 84 valence electrons. The highest BCUT2D eigenvalue weighted by atomic mass is 14.9. The van der Waals surface area contributed by atoms with Crippen LogP contribution in [0.4, 0.5) is 0 Å². The van der Waals surface area contributed by atoms with E-state index in [1.54, 1.807) is 0 Å². The SMILES string of the molecule is CC(C)CCNC1CCCC(C)(C)C1. The predicted octanol–water partition coefficient (Wildman–Crippen LogP) is 3.59. The lowest BCUT2D eigenvalue weighted by Gasteiger charge is -2.35. The normalized spacial score (nSPS) is 26.8. The van der Waals surface area contributed by atoms with Crippen molar-refractivity contribution in [3.8, 4) is 0 Å². The van der Waals surface area contributed by atoms with Crippen molar-refractivity contribution in [2.24, 2.45) is 11.3 Å². The van der Waals surface area contributed by atoms with Crippen LogP contribution in [-0.2, 0) is 0 Å². The second-order valence-electron chi connectivity index (χ2n) is 6.09. The van der Waals surface area contributed by atoms with E-state index in [1.807, 2.05) is 0 Å². The van der Waals surface area contributed by atoms with E-state index in [4.69, 9.17) is 0 Å². The molecule has 1 unspecified atom stereocenters. The molecule has 1 aliphatic carbocycles. The summed E-state index contributed by atoms with van der Waals surface area (Å²) in [6.07, 6.45) is 6.89. The summed E-state index contributed by atoms with van der Waals surface area (Å²) < 4.78 is 0. The molecule has 0 bridgehead atoms. The van der Waals surface area contributed by atoms with Crippen LogP contribution in [-0.4, -0.2) is 12.6 Å². The van der Waals surface area contributed by atoms with Gasteiger partial charge in [0.15, 0.2) is 0 Å². The first-order chi connectivity index (χ1) is 6.49. The first-order valence-corrected chi connectivity index (χ1v) is 6.23. The van der Waals surface area contributed by atoms with Gasteiger partial charge in [-0.1, -0.05) is 34.1 Å². The molecule has 1 rings (SSSR count). The van der Waals surface area contributed by atoms with Crippen LogP contribution in [0.25, 0.3) is 0 Å². The van der Waals surface area contributed by atoms with Crippen LogP contribution >= 0.6 is 0 Å². The summed E-state index contributed by atoms with van der Waals surface area (Å²) in [6.45, 7) is 10.6. The molecular formula is C13H27N. The minimum atomic E-state index is 0.577. The topological polar surface area (TPSA) is 12.0 Å². The summed E-state index contributed by atoms with van der Waals surface area (Å²) in [7, 11) is 0. The van der Waals surface area contributed by atoms with Gasteiger partial charge in [0, 0.05) is 6.04 Å². The first-order valence-electron chi connectivity index (χ1n) is 6.23. The van der Waals surface area contributed by atoms with Gasteiger partial charge in [-0.3, -0.25) is 0 Å². The molecule has 0 spiro atoms. The van der Waals surface area contributed by atoms with E-state index in [0.717, 1.165) is 12.0 Å². The first kappa shape index (κ1) is 12.0. The van der Waals surface area contributed by atoms with Crippen LogP contribution in [0.15, 0.2) is 0 Å². The Kier molecular flexibility index (Phi) is 4.43. The third-order valence-electron chi connectivity index (χ3n) is 3.36. The van der Waals surface area contributed by atoms with E-state index in [0.29, 0.717) is 5.41 Å². The fourth-order valence-corrected chi connectivity index (χ4v) is 2.45. The minimum absolute atomic E-state index is 0.577. The van der Waals surface area contributed by atoms with Gasteiger partial charge in [0.05, 0.1) is 0 Å². The molecule has 0 aromatic carbocycles. The average Bonchev–Trinajstić information content (AvgIpc) is 2.01. The maximum Gasteiger partial charge on any atom is 0.00721 e. The molecule has 0 radical (unpaired) electrons. The fourth-order valence-electron chi connectivity index (χ4n) is 2.45. The van der Waals surface area contributed by atoms with E-state index in [-0.39, 0.29) is 0 Å². The minimum Gasteiger partial charge on any atom is -0.314 e. The predicted molar refractivity (Wildman–Crippen MR) is 63.5 cm³/mol. The van der Waals surface area contributed by atoms with Crippen LogP contribution in [0.2, 0.25) is 0 Å². The van der Waals surface area contributed by atoms with Gasteiger partial charge in [-0.05, 0) is 43.6 Å². The van der Waals surface area contributed by atoms with Gasteiger partial charge in [0.1, 0.15) is 0 Å². The molecule has 0 aromatic heterocycles. The quantitative estimate of drug-likeness (QED) is 0.726. The summed E-state index contributed by atoms with van der Waals surface area (Å²) >= 11 is 0. The van der Waals surface area contributed by atoms with E-state index in [1.165, 1.54) is 38.6 Å². The highest BCUT2D eigenvalue weighted by Crippen LogP contribution is 2.34. The van der Waals surface area contributed by atoms with Gasteiger partial charge in [-0.2, -0.15) is 0 Å². The average molecular weight is 197 g/mol. The second kappa shape index (κ2) is 5.16. The molecule has 0 aromatic rings. The Balaban J connectivity index is 2.18. The molecule has 1 fully saturated rings. The Bertz CT molecular complexity index is 161. The van der Waals surface area contributed by atoms with Gasteiger partial charge < -0.3 is 5.32 Å². The van der Waals surface area contributed by atoms with Crippen molar-refractivity contribution in [2.75, 3.05) is 6.54 Å². The molecule has 1 heteroatoms. The van der Waals surface area contributed by atoms with Crippen molar-refractivity contribution in [3.63, 3.8) is 0 Å². The monoisotopic (exact) mass is 197 g/mol. The molecule has 1 aliphatic rings. The standard InChI is InChI=1S/C13H27N/c1-11(2)7-9-14-12-6-5-8-13(3,4)10-12/h11-12,14H,5-10H2,1-4H3. The zero-order valence-electron chi connectivity index (χ0n) is 10.4. The fraction of sp³-hybridized carbons (Fsp3) is 1.00. The Morgan fingerprint density at radius 1 is 1.36 bits per heavy atom. The molecule has 0 amide bonds. The van der Waals surface area contributed by atoms with Crippen LogP contribution in [0, 0.1) is 11.3 Å². The summed E-state index contributed by atoms with van der Waals surface area (Å²) in [5.74, 6) is 0.833. The molecule has 0 saturated heterocycles. The third-order valence-corrected chi connectivity index (χ3v) is 3.36. The summed E-state index contributed by atoms with van der Waals surface area (Å²) in [6, 6.07) is 0.789. The zero-order chi connectivity index (χ0) is 10.6. The molecular weight excluding hydrogens is 170 g/mol. The van der Waals surface area contributed by atoms with Gasteiger partial charge >= 0.3 is 0 Å². The number of nitrogens with one attached hydrogen (secondary N) is 1. The lowest BCUT2D eigenvalue weighted by atomic mass is 9.75. The third kappa shape index (κ3) is 4.45. The lowest BCUT2D eigenvalue weighted by molar-refractivity contribution is 0.197. The molecule has 1 nitrogen and oxygen atoms in total. The van der Waals surface area contributed by atoms with Crippen LogP contribution in [0.5, 0.6) is 0 Å². The number of rotatable bonds is 4. The molecule has 1 saturated carbocycles. The highest BCUT2D eigenvalue weighted by Gasteiger charge is 2.27. The van der Waals surface area contributed by atoms with Crippen LogP contribution in [0.3, 0.4) is 0 Å². The summed E-state index contributed by atoms with van der Waals surface area (Å²) in [5.41, 5.74) is 0.577. The maximum absolute atomic E-state index is 3.71. The molecule has 0 aliphatic heterocycles. The van der Waals surface area contributed by atoms with Crippen molar-refractivity contribution >= 4 is 0 Å². The second-order valence-corrected chi connectivity index (χ2v) is 6.09. The zero-order valence-corrected chi connectivity index (χ0v) is 10.4. The van der Waals surface area contributed by atoms with E-state index >= 15 is 0 Å². The Morgan fingerprint density at radius 3 is 2.64 bits per heavy atom. The van der Waals surface area contributed by atoms with Crippen molar-refractivity contribution in [3.05, 3.63) is 0 Å². The van der Waals surface area contributed by atoms with Crippen LogP contribution < -0.4 is 5.32 Å². The lowest BCUT2D eigenvalue weighted by Crippen LogP contribution is -2.37. The number of hydrogen-bond acceptors (Lipinski definition) is 1. The van der Waals surface area contributed by atoms with Crippen molar-refractivity contribution < 1.29 is 0 Å². The van der Waals surface area contributed by atoms with Crippen molar-refractivity contribution in [1.29, 1.82) is 0 Å².